The number of hydrogen-bond acceptors (Lipinski definition) is 5. The Hall–Kier alpha value is -3.26. The maximum atomic E-state index is 12.9. The van der Waals surface area contributed by atoms with Crippen LogP contribution in [0.1, 0.15) is 47.9 Å². The van der Waals surface area contributed by atoms with Gasteiger partial charge in [-0.25, -0.2) is 4.98 Å². The van der Waals surface area contributed by atoms with Crippen LogP contribution in [0.15, 0.2) is 42.6 Å². The number of carbonyl (C=O) groups excluding carboxylic acids is 1. The van der Waals surface area contributed by atoms with Gasteiger partial charge in [0.05, 0.1) is 22.5 Å². The van der Waals surface area contributed by atoms with E-state index in [1.165, 1.54) is 0 Å². The lowest BCUT2D eigenvalue weighted by Gasteiger charge is -2.38. The molecule has 5 rings (SSSR count). The first-order valence-corrected chi connectivity index (χ1v) is 9.78. The first-order valence-electron chi connectivity index (χ1n) is 9.78. The number of hydrogen-bond donors (Lipinski definition) is 2. The number of H-pyrrole nitrogens is 1. The number of aliphatic hydroxyl groups is 1. The molecule has 0 aliphatic carbocycles. The molecule has 1 aromatic carbocycles. The number of aromatic amines is 1. The molecular formula is C21H22N6O2. The number of likely N-dealkylation sites (tertiary alicyclic amines) is 1. The summed E-state index contributed by atoms with van der Waals surface area (Å²) in [5, 5.41) is 18.6. The van der Waals surface area contributed by atoms with Crippen LogP contribution in [-0.4, -0.2) is 53.6 Å². The minimum absolute atomic E-state index is 0.00158. The van der Waals surface area contributed by atoms with Crippen molar-refractivity contribution in [3.63, 3.8) is 0 Å². The molecule has 2 N–H and O–H groups in total. The van der Waals surface area contributed by atoms with E-state index in [1.807, 2.05) is 43.0 Å². The molecule has 29 heavy (non-hydrogen) atoms. The summed E-state index contributed by atoms with van der Waals surface area (Å²) < 4.78 is 1.70. The van der Waals surface area contributed by atoms with E-state index in [9.17, 15) is 9.90 Å². The average Bonchev–Trinajstić information content (AvgIpc) is 3.29. The molecule has 4 heterocycles. The van der Waals surface area contributed by atoms with Gasteiger partial charge in [0.25, 0.3) is 5.91 Å². The van der Waals surface area contributed by atoms with Crippen molar-refractivity contribution in [1.29, 1.82) is 0 Å². The highest BCUT2D eigenvalue weighted by atomic mass is 16.3. The number of benzene rings is 1. The lowest BCUT2D eigenvalue weighted by atomic mass is 9.98. The van der Waals surface area contributed by atoms with Gasteiger partial charge >= 0.3 is 0 Å². The Morgan fingerprint density at radius 3 is 2.72 bits per heavy atom. The number of nitrogens with one attached hydrogen (secondary N) is 1. The van der Waals surface area contributed by atoms with Crippen LogP contribution in [0.25, 0.3) is 16.7 Å². The average molecular weight is 390 g/mol. The van der Waals surface area contributed by atoms with E-state index in [4.69, 9.17) is 0 Å². The molecule has 1 aliphatic rings. The zero-order chi connectivity index (χ0) is 20.1. The lowest BCUT2D eigenvalue weighted by molar-refractivity contribution is 0.0595. The number of amides is 1. The van der Waals surface area contributed by atoms with Gasteiger partial charge < -0.3 is 15.0 Å². The Morgan fingerprint density at radius 2 is 1.97 bits per heavy atom. The van der Waals surface area contributed by atoms with Crippen LogP contribution in [0, 0.1) is 5.92 Å². The summed E-state index contributed by atoms with van der Waals surface area (Å²) in [6, 6.07) is 11.4. The van der Waals surface area contributed by atoms with Gasteiger partial charge in [0.1, 0.15) is 11.9 Å². The Kier molecular flexibility index (Phi) is 4.09. The van der Waals surface area contributed by atoms with E-state index in [0.29, 0.717) is 30.1 Å². The van der Waals surface area contributed by atoms with Crippen LogP contribution < -0.4 is 0 Å². The molecular weight excluding hydrogens is 368 g/mol. The SMILES string of the molecule is CC(C)C(O)c1nnc2ccc(C(=O)N3CC(c4nc5ccccc5[nH]4)C3)cn12. The summed E-state index contributed by atoms with van der Waals surface area (Å²) in [5.41, 5.74) is 3.13. The fourth-order valence-electron chi connectivity index (χ4n) is 3.70. The predicted octanol–water partition coefficient (Wildman–Crippen LogP) is 2.53. The molecule has 0 saturated carbocycles. The smallest absolute Gasteiger partial charge is 0.255 e. The van der Waals surface area contributed by atoms with Gasteiger partial charge in [-0.1, -0.05) is 26.0 Å². The topological polar surface area (TPSA) is 99.4 Å². The molecule has 4 aromatic rings. The number of para-hydroxylation sites is 2. The quantitative estimate of drug-likeness (QED) is 0.558. The minimum Gasteiger partial charge on any atom is -0.385 e. The molecule has 1 unspecified atom stereocenters. The van der Waals surface area contributed by atoms with E-state index < -0.39 is 6.10 Å². The molecule has 3 aromatic heterocycles. The molecule has 1 aliphatic heterocycles. The highest BCUT2D eigenvalue weighted by Crippen LogP contribution is 2.28. The zero-order valence-electron chi connectivity index (χ0n) is 16.3. The highest BCUT2D eigenvalue weighted by molar-refractivity contribution is 5.95. The van der Waals surface area contributed by atoms with Gasteiger partial charge in [0.15, 0.2) is 11.5 Å². The second kappa shape index (κ2) is 6.66. The number of aliphatic hydroxyl groups excluding tert-OH is 1. The van der Waals surface area contributed by atoms with Gasteiger partial charge in [-0.3, -0.25) is 9.20 Å². The van der Waals surface area contributed by atoms with E-state index in [1.54, 1.807) is 22.7 Å². The van der Waals surface area contributed by atoms with Crippen molar-refractivity contribution in [2.24, 2.45) is 5.92 Å². The number of imidazole rings is 1. The first-order chi connectivity index (χ1) is 14.0. The summed E-state index contributed by atoms with van der Waals surface area (Å²) in [5.74, 6) is 1.54. The molecule has 1 amide bonds. The van der Waals surface area contributed by atoms with E-state index in [0.717, 1.165) is 16.9 Å². The van der Waals surface area contributed by atoms with Crippen LogP contribution >= 0.6 is 0 Å². The summed E-state index contributed by atoms with van der Waals surface area (Å²) in [6.45, 7) is 5.08. The van der Waals surface area contributed by atoms with Crippen LogP contribution in [0.5, 0.6) is 0 Å². The summed E-state index contributed by atoms with van der Waals surface area (Å²) in [6.07, 6.45) is 0.976. The first kappa shape index (κ1) is 17.8. The number of carbonyl (C=O) groups is 1. The summed E-state index contributed by atoms with van der Waals surface area (Å²) in [7, 11) is 0. The number of rotatable bonds is 4. The molecule has 8 nitrogen and oxygen atoms in total. The molecule has 1 fully saturated rings. The van der Waals surface area contributed by atoms with Crippen molar-refractivity contribution in [2.75, 3.05) is 13.1 Å². The molecule has 148 valence electrons. The normalized spacial score (nSPS) is 15.9. The number of aromatic nitrogens is 5. The Bertz CT molecular complexity index is 1170. The fraction of sp³-hybridized carbons (Fsp3) is 0.333. The van der Waals surface area contributed by atoms with Gasteiger partial charge in [-0.15, -0.1) is 10.2 Å². The second-order valence-corrected chi connectivity index (χ2v) is 7.94. The predicted molar refractivity (Wildman–Crippen MR) is 108 cm³/mol. The van der Waals surface area contributed by atoms with Gasteiger partial charge in [0, 0.05) is 19.3 Å². The third-order valence-corrected chi connectivity index (χ3v) is 5.53. The van der Waals surface area contributed by atoms with E-state index in [2.05, 4.69) is 20.2 Å². The molecule has 0 spiro atoms. The highest BCUT2D eigenvalue weighted by Gasteiger charge is 2.34. The zero-order valence-corrected chi connectivity index (χ0v) is 16.3. The minimum atomic E-state index is -0.739. The van der Waals surface area contributed by atoms with Gasteiger partial charge in [-0.2, -0.15) is 0 Å². The van der Waals surface area contributed by atoms with Crippen molar-refractivity contribution >= 4 is 22.6 Å². The maximum absolute atomic E-state index is 12.9. The standard InChI is InChI=1S/C21H22N6O2/c1-12(2)18(28)20-25-24-17-8-7-13(11-27(17)20)21(29)26-9-14(10-26)19-22-15-5-3-4-6-16(15)23-19/h3-8,11-12,14,18,28H,9-10H2,1-2H3,(H,22,23). The van der Waals surface area contributed by atoms with Crippen molar-refractivity contribution in [2.45, 2.75) is 25.9 Å². The third-order valence-electron chi connectivity index (χ3n) is 5.53. The molecule has 1 atom stereocenters. The third kappa shape index (κ3) is 2.96. The number of pyridine rings is 1. The maximum Gasteiger partial charge on any atom is 0.255 e. The van der Waals surface area contributed by atoms with Crippen LogP contribution in [0.2, 0.25) is 0 Å². The van der Waals surface area contributed by atoms with E-state index >= 15 is 0 Å². The second-order valence-electron chi connectivity index (χ2n) is 7.94. The molecule has 0 radical (unpaired) electrons. The number of fused-ring (bicyclic) bond motifs is 2. The van der Waals surface area contributed by atoms with Crippen molar-refractivity contribution in [3.05, 3.63) is 59.8 Å². The monoisotopic (exact) mass is 390 g/mol. The van der Waals surface area contributed by atoms with E-state index in [-0.39, 0.29) is 17.7 Å². The van der Waals surface area contributed by atoms with Crippen molar-refractivity contribution < 1.29 is 9.90 Å². The Morgan fingerprint density at radius 1 is 1.17 bits per heavy atom. The van der Waals surface area contributed by atoms with Gasteiger partial charge in [0.2, 0.25) is 0 Å². The van der Waals surface area contributed by atoms with Gasteiger partial charge in [-0.05, 0) is 30.2 Å². The lowest BCUT2D eigenvalue weighted by Crippen LogP contribution is -2.48. The van der Waals surface area contributed by atoms with Crippen LogP contribution in [0.3, 0.4) is 0 Å². The molecule has 1 saturated heterocycles. The van der Waals surface area contributed by atoms with Crippen LogP contribution in [0.4, 0.5) is 0 Å². The largest absolute Gasteiger partial charge is 0.385 e. The number of nitrogens with zero attached hydrogens (tertiary/aromatic N) is 5. The summed E-state index contributed by atoms with van der Waals surface area (Å²) in [4.78, 5) is 22.7. The molecule has 8 heteroatoms. The Balaban J connectivity index is 1.34. The summed E-state index contributed by atoms with van der Waals surface area (Å²) >= 11 is 0. The van der Waals surface area contributed by atoms with Crippen molar-refractivity contribution in [3.8, 4) is 0 Å². The van der Waals surface area contributed by atoms with Crippen molar-refractivity contribution in [1.82, 2.24) is 29.5 Å². The molecule has 0 bridgehead atoms. The van der Waals surface area contributed by atoms with Crippen LogP contribution in [-0.2, 0) is 0 Å². The fourth-order valence-corrected chi connectivity index (χ4v) is 3.70. The Labute approximate surface area is 167 Å².